The molecular formula is C65H49Br2N5O4. The van der Waals surface area contributed by atoms with E-state index in [1.54, 1.807) is 0 Å². The van der Waals surface area contributed by atoms with Crippen molar-refractivity contribution in [2.75, 3.05) is 0 Å². The van der Waals surface area contributed by atoms with E-state index in [0.29, 0.717) is 59.6 Å². The number of hydrogen-bond acceptors (Lipinski definition) is 3. The zero-order valence-corrected chi connectivity index (χ0v) is 44.6. The Morgan fingerprint density at radius 2 is 0.829 bits per heavy atom. The Hall–Kier alpha value is -8.51. The van der Waals surface area contributed by atoms with Gasteiger partial charge in [0, 0.05) is 50.6 Å². The molecule has 0 unspecified atom stereocenters. The molecule has 9 nitrogen and oxygen atoms in total. The van der Waals surface area contributed by atoms with Crippen LogP contribution in [0.2, 0.25) is 0 Å². The van der Waals surface area contributed by atoms with Gasteiger partial charge in [0.05, 0.1) is 5.56 Å². The van der Waals surface area contributed by atoms with Crippen LogP contribution in [0.25, 0.3) is 66.1 Å². The molecule has 5 aliphatic rings. The van der Waals surface area contributed by atoms with Crippen LogP contribution in [0.1, 0.15) is 71.4 Å². The van der Waals surface area contributed by atoms with Crippen LogP contribution in [0.5, 0.6) is 0 Å². The molecule has 0 amide bonds. The number of aromatic carboxylic acids is 1. The number of carbonyl (C=O) groups excluding carboxylic acids is 2. The van der Waals surface area contributed by atoms with E-state index in [-0.39, 0.29) is 51.1 Å². The Kier molecular flexibility index (Phi) is 13.3. The van der Waals surface area contributed by atoms with E-state index < -0.39 is 5.97 Å². The smallest absolute Gasteiger partial charge is 0.336 e. The Bertz CT molecular complexity index is 3970. The van der Waals surface area contributed by atoms with E-state index in [2.05, 4.69) is 90.9 Å². The Morgan fingerprint density at radius 1 is 0.447 bits per heavy atom. The molecule has 0 saturated heterocycles. The molecular weight excluding hydrogens is 1070 g/mol. The predicted molar refractivity (Wildman–Crippen MR) is 290 cm³/mol. The zero-order valence-electron chi connectivity index (χ0n) is 41.4. The summed E-state index contributed by atoms with van der Waals surface area (Å²) in [6, 6.07) is 66.4. The number of nitrogens with zero attached hydrogens (tertiary/aromatic N) is 5. The molecule has 372 valence electrons. The van der Waals surface area contributed by atoms with Gasteiger partial charge >= 0.3 is 5.97 Å². The van der Waals surface area contributed by atoms with E-state index in [1.807, 2.05) is 152 Å². The van der Waals surface area contributed by atoms with Crippen molar-refractivity contribution >= 4 is 61.4 Å². The van der Waals surface area contributed by atoms with Gasteiger partial charge in [-0.15, -0.1) is 0 Å². The summed E-state index contributed by atoms with van der Waals surface area (Å²) in [7, 11) is 0. The quantitative estimate of drug-likeness (QED) is 0.206. The Morgan fingerprint density at radius 3 is 1.24 bits per heavy atom. The fourth-order valence-electron chi connectivity index (χ4n) is 11.2. The lowest BCUT2D eigenvalue weighted by Gasteiger charge is -2.13. The van der Waals surface area contributed by atoms with Crippen molar-refractivity contribution in [2.24, 2.45) is 0 Å². The molecule has 3 aromatic heterocycles. The summed E-state index contributed by atoms with van der Waals surface area (Å²) < 4.78 is 11.2. The maximum atomic E-state index is 14.2. The molecule has 0 spiro atoms. The van der Waals surface area contributed by atoms with E-state index in [9.17, 15) is 19.5 Å². The van der Waals surface area contributed by atoms with Crippen molar-refractivity contribution in [1.82, 2.24) is 13.7 Å². The van der Waals surface area contributed by atoms with Crippen molar-refractivity contribution in [1.29, 1.82) is 0 Å². The average molecular weight is 1120 g/mol. The molecule has 11 heteroatoms. The molecule has 17 rings (SSSR count). The van der Waals surface area contributed by atoms with Crippen LogP contribution < -0.4 is 43.1 Å². The first kappa shape index (κ1) is 49.7. The number of imidazole rings is 2. The zero-order chi connectivity index (χ0) is 50.0. The van der Waals surface area contributed by atoms with Crippen LogP contribution in [-0.2, 0) is 32.7 Å². The fraction of sp³-hybridized carbons (Fsp3) is 0.0923. The summed E-state index contributed by atoms with van der Waals surface area (Å²) in [5, 5.41) is 12.6. The van der Waals surface area contributed by atoms with E-state index in [0.717, 1.165) is 83.8 Å². The normalized spacial score (nSPS) is 12.6. The first-order chi connectivity index (χ1) is 36.2. The van der Waals surface area contributed by atoms with Gasteiger partial charge in [0.15, 0.2) is 33.6 Å². The minimum Gasteiger partial charge on any atom is -1.00 e. The van der Waals surface area contributed by atoms with Gasteiger partial charge in [0.25, 0.3) is 0 Å². The summed E-state index contributed by atoms with van der Waals surface area (Å²) in [5.41, 5.74) is 16.3. The largest absolute Gasteiger partial charge is 1.00 e. The summed E-state index contributed by atoms with van der Waals surface area (Å²) in [5.74, 6) is -1.11. The van der Waals surface area contributed by atoms with E-state index in [4.69, 9.17) is 0 Å². The van der Waals surface area contributed by atoms with Crippen LogP contribution in [0, 0.1) is 0 Å². The lowest BCUT2D eigenvalue weighted by atomic mass is 9.91. The molecule has 1 N–H and O–H groups in total. The van der Waals surface area contributed by atoms with Crippen molar-refractivity contribution in [3.05, 3.63) is 263 Å². The number of ketones is 2. The van der Waals surface area contributed by atoms with Gasteiger partial charge in [-0.2, -0.15) is 0 Å². The number of para-hydroxylation sites is 4. The van der Waals surface area contributed by atoms with Gasteiger partial charge < -0.3 is 43.6 Å². The number of benzene rings is 9. The Labute approximate surface area is 459 Å². The number of carboxylic acid groups (broad SMARTS) is 1. The highest BCUT2D eigenvalue weighted by Gasteiger charge is 2.23. The summed E-state index contributed by atoms with van der Waals surface area (Å²) in [4.78, 5) is 41.6. The third-order valence-electron chi connectivity index (χ3n) is 14.9. The second-order valence-electron chi connectivity index (χ2n) is 19.4. The first-order valence-corrected chi connectivity index (χ1v) is 25.1. The maximum Gasteiger partial charge on any atom is 0.336 e. The van der Waals surface area contributed by atoms with Crippen molar-refractivity contribution in [3.63, 3.8) is 0 Å². The number of halogens is 2. The monoisotopic (exact) mass is 1120 g/mol. The lowest BCUT2D eigenvalue weighted by molar-refractivity contribution is -0.663. The molecule has 0 fully saturated rings. The first-order valence-electron chi connectivity index (χ1n) is 25.1. The van der Waals surface area contributed by atoms with Crippen LogP contribution in [0.4, 0.5) is 0 Å². The fourth-order valence-corrected chi connectivity index (χ4v) is 11.2. The number of rotatable bonds is 2. The van der Waals surface area contributed by atoms with Crippen LogP contribution >= 0.6 is 0 Å². The van der Waals surface area contributed by atoms with Gasteiger partial charge in [-0.05, 0) is 112 Å². The highest BCUT2D eigenvalue weighted by atomic mass is 79.9. The third kappa shape index (κ3) is 8.84. The van der Waals surface area contributed by atoms with Crippen molar-refractivity contribution in [3.8, 4) is 22.3 Å². The number of aromatic nitrogens is 5. The second-order valence-corrected chi connectivity index (χ2v) is 19.4. The van der Waals surface area contributed by atoms with Gasteiger partial charge in [-0.25, -0.2) is 23.1 Å². The lowest BCUT2D eigenvalue weighted by Crippen LogP contribution is -3.00. The number of carbonyl (C=O) groups is 3. The minimum atomic E-state index is -0.979. The molecule has 76 heavy (non-hydrogen) atoms. The van der Waals surface area contributed by atoms with Crippen LogP contribution in [0.3, 0.4) is 0 Å². The topological polar surface area (TPSA) is 94.0 Å². The molecule has 8 heterocycles. The van der Waals surface area contributed by atoms with Gasteiger partial charge in [0.1, 0.15) is 26.2 Å². The molecule has 0 atom stereocenters. The maximum absolute atomic E-state index is 14.2. The number of fused-ring (bicyclic) bond motifs is 6. The third-order valence-corrected chi connectivity index (χ3v) is 14.9. The van der Waals surface area contributed by atoms with Gasteiger partial charge in [0.2, 0.25) is 12.7 Å². The molecule has 12 aromatic rings. The molecule has 0 saturated carbocycles. The highest BCUT2D eigenvalue weighted by Crippen LogP contribution is 2.35. The summed E-state index contributed by atoms with van der Waals surface area (Å²) in [6.07, 6.45) is 4.28. The van der Waals surface area contributed by atoms with E-state index in [1.165, 1.54) is 0 Å². The van der Waals surface area contributed by atoms with Gasteiger partial charge in [-0.1, -0.05) is 140 Å². The van der Waals surface area contributed by atoms with Crippen molar-refractivity contribution < 1.29 is 62.6 Å². The number of aryl methyl sites for hydroxylation is 1. The average Bonchev–Trinajstić information content (AvgIpc) is 4.08. The summed E-state index contributed by atoms with van der Waals surface area (Å²) >= 11 is 0. The molecule has 0 aliphatic carbocycles. The van der Waals surface area contributed by atoms with Crippen LogP contribution in [-0.4, -0.2) is 36.3 Å². The second kappa shape index (κ2) is 20.3. The molecule has 18 bridgehead atoms. The molecule has 9 aromatic carbocycles. The Balaban J connectivity index is 0.00000308. The van der Waals surface area contributed by atoms with Crippen LogP contribution in [0.15, 0.2) is 213 Å². The highest BCUT2D eigenvalue weighted by molar-refractivity contribution is 6.17. The van der Waals surface area contributed by atoms with Gasteiger partial charge in [-0.3, -0.25) is 9.59 Å². The SMILES string of the molecule is CCn1c2ccc3cc2c2cc(ccc21)C(=O)c1ccc(cc1)Cn1c[n+](c2ccccc21)Cc1ccc(cc1)-c1cccc(c1C(=O)O)-c1ccc(cc1)C[n+]1cn(c2ccccc21)Cc1ccc(cc1)C3=O.[Br-].[Br-]. The number of carboxylic acids is 1. The standard InChI is InChI=1S/C65H48N5O4.2BrH/c1-2-70-56-32-30-50-34-54(56)55-35-51(31-33-57(55)70)64(72)49-28-20-45(21-29-49)39-69-41-67(59-11-4-6-13-61(59)69)37-43-16-24-47(25-17-43)53-9-7-8-52(62(53)65(73)74)46-22-14-42(15-23-46)36-66-40-68(60-12-5-3-10-58(60)66)38-44-18-26-48(27-19-44)63(50)71;;/h3-35,40-41H,2,36-39H2,1H3;2*1H/q+1;;/p-1. The predicted octanol–water partition coefficient (Wildman–Crippen LogP) is 6.31. The molecule has 5 aliphatic heterocycles. The molecule has 0 radical (unpaired) electrons. The summed E-state index contributed by atoms with van der Waals surface area (Å²) in [6.45, 7) is 5.30. The van der Waals surface area contributed by atoms with E-state index >= 15 is 0 Å². The number of hydrogen-bond donors (Lipinski definition) is 1. The van der Waals surface area contributed by atoms with Crippen molar-refractivity contribution in [2.45, 2.75) is 39.6 Å². The minimum absolute atomic E-state index is 0.